The molecule has 0 bridgehead atoms. The van der Waals surface area contributed by atoms with Crippen molar-refractivity contribution in [3.8, 4) is 0 Å². The molecule has 0 N–H and O–H groups in total. The van der Waals surface area contributed by atoms with Gasteiger partial charge in [-0.2, -0.15) is 0 Å². The quantitative estimate of drug-likeness (QED) is 0.489. The molecule has 0 heteroatoms. The van der Waals surface area contributed by atoms with Gasteiger partial charge in [0.25, 0.3) is 0 Å². The standard InChI is InChI=1S/C12H23/c1-4-7-10-12(9-6-3)11-8-5-2/h9H,3-8,10-11H2,1-2H3. The van der Waals surface area contributed by atoms with E-state index >= 15 is 0 Å². The minimum absolute atomic E-state index is 0.961. The van der Waals surface area contributed by atoms with E-state index < -0.39 is 0 Å². The van der Waals surface area contributed by atoms with Gasteiger partial charge < -0.3 is 0 Å². The molecule has 0 amide bonds. The first-order chi connectivity index (χ1) is 5.85. The largest absolute Gasteiger partial charge is 0.0853 e. The van der Waals surface area contributed by atoms with Gasteiger partial charge in [0.15, 0.2) is 0 Å². The van der Waals surface area contributed by atoms with Crippen LogP contribution >= 0.6 is 0 Å². The van der Waals surface area contributed by atoms with Crippen LogP contribution in [-0.4, -0.2) is 0 Å². The smallest absolute Gasteiger partial charge is 0.0320 e. The van der Waals surface area contributed by atoms with Crippen molar-refractivity contribution in [3.05, 3.63) is 18.6 Å². The second kappa shape index (κ2) is 8.83. The molecule has 12 heavy (non-hydrogen) atoms. The van der Waals surface area contributed by atoms with Crippen molar-refractivity contribution >= 4 is 0 Å². The molecular formula is C12H23. The van der Waals surface area contributed by atoms with Crippen LogP contribution < -0.4 is 0 Å². The molecule has 0 nitrogen and oxygen atoms in total. The summed E-state index contributed by atoms with van der Waals surface area (Å²) in [5, 5.41) is 0. The lowest BCUT2D eigenvalue weighted by Crippen LogP contribution is -1.85. The van der Waals surface area contributed by atoms with Gasteiger partial charge in [0.05, 0.1) is 0 Å². The third-order valence-electron chi connectivity index (χ3n) is 2.14. The Morgan fingerprint density at radius 3 is 1.92 bits per heavy atom. The summed E-state index contributed by atoms with van der Waals surface area (Å²) in [6.07, 6.45) is 11.2. The van der Waals surface area contributed by atoms with E-state index in [0.29, 0.717) is 0 Å². The molecule has 0 unspecified atom stereocenters. The van der Waals surface area contributed by atoms with Crippen molar-refractivity contribution in [2.24, 2.45) is 0 Å². The lowest BCUT2D eigenvalue weighted by Gasteiger charge is -2.05. The Morgan fingerprint density at radius 2 is 1.58 bits per heavy atom. The minimum atomic E-state index is 0.961. The fourth-order valence-corrected chi connectivity index (χ4v) is 1.34. The monoisotopic (exact) mass is 167 g/mol. The first kappa shape index (κ1) is 11.7. The van der Waals surface area contributed by atoms with Crippen LogP contribution in [0.4, 0.5) is 0 Å². The summed E-state index contributed by atoms with van der Waals surface area (Å²) < 4.78 is 0. The molecule has 71 valence electrons. The van der Waals surface area contributed by atoms with Gasteiger partial charge in [0.2, 0.25) is 0 Å². The molecule has 0 aromatic heterocycles. The van der Waals surface area contributed by atoms with E-state index in [1.54, 1.807) is 5.57 Å². The SMILES string of the molecule is [CH2]CC=C(CCCC)CCCC. The fraction of sp³-hybridized carbons (Fsp3) is 0.750. The Morgan fingerprint density at radius 1 is 1.08 bits per heavy atom. The molecule has 0 aromatic carbocycles. The van der Waals surface area contributed by atoms with Crippen LogP contribution in [0.2, 0.25) is 0 Å². The van der Waals surface area contributed by atoms with E-state index in [1.165, 1.54) is 38.5 Å². The highest BCUT2D eigenvalue weighted by Gasteiger charge is 1.95. The summed E-state index contributed by atoms with van der Waals surface area (Å²) in [6, 6.07) is 0. The maximum absolute atomic E-state index is 3.87. The van der Waals surface area contributed by atoms with E-state index in [9.17, 15) is 0 Å². The van der Waals surface area contributed by atoms with Crippen LogP contribution in [0.25, 0.3) is 0 Å². The molecule has 0 atom stereocenters. The summed E-state index contributed by atoms with van der Waals surface area (Å²) in [7, 11) is 0. The third kappa shape index (κ3) is 6.45. The fourth-order valence-electron chi connectivity index (χ4n) is 1.34. The first-order valence-corrected chi connectivity index (χ1v) is 5.32. The van der Waals surface area contributed by atoms with E-state index in [4.69, 9.17) is 0 Å². The maximum atomic E-state index is 3.87. The highest BCUT2D eigenvalue weighted by Crippen LogP contribution is 2.15. The van der Waals surface area contributed by atoms with E-state index in [2.05, 4.69) is 26.8 Å². The molecule has 0 saturated carbocycles. The van der Waals surface area contributed by atoms with Crippen molar-refractivity contribution in [1.82, 2.24) is 0 Å². The molecule has 0 aliphatic rings. The van der Waals surface area contributed by atoms with Crippen LogP contribution in [-0.2, 0) is 0 Å². The molecule has 0 fully saturated rings. The molecular weight excluding hydrogens is 144 g/mol. The maximum Gasteiger partial charge on any atom is -0.0320 e. The number of hydrogen-bond acceptors (Lipinski definition) is 0. The van der Waals surface area contributed by atoms with Crippen molar-refractivity contribution in [2.75, 3.05) is 0 Å². The summed E-state index contributed by atoms with van der Waals surface area (Å²) in [5.41, 5.74) is 1.63. The van der Waals surface area contributed by atoms with Crippen LogP contribution in [0.5, 0.6) is 0 Å². The van der Waals surface area contributed by atoms with E-state index in [-0.39, 0.29) is 0 Å². The Bertz CT molecular complexity index is 101. The van der Waals surface area contributed by atoms with Crippen LogP contribution in [0.1, 0.15) is 58.8 Å². The molecule has 0 saturated heterocycles. The van der Waals surface area contributed by atoms with Gasteiger partial charge >= 0.3 is 0 Å². The van der Waals surface area contributed by atoms with Crippen LogP contribution in [0.3, 0.4) is 0 Å². The van der Waals surface area contributed by atoms with E-state index in [1.807, 2.05) is 0 Å². The Kier molecular flexibility index (Phi) is 8.64. The van der Waals surface area contributed by atoms with Crippen LogP contribution in [0.15, 0.2) is 11.6 Å². The lowest BCUT2D eigenvalue weighted by atomic mass is 10.0. The topological polar surface area (TPSA) is 0 Å². The van der Waals surface area contributed by atoms with Crippen molar-refractivity contribution < 1.29 is 0 Å². The van der Waals surface area contributed by atoms with Gasteiger partial charge in [-0.25, -0.2) is 0 Å². The van der Waals surface area contributed by atoms with Gasteiger partial charge in [0.1, 0.15) is 0 Å². The third-order valence-corrected chi connectivity index (χ3v) is 2.14. The Hall–Kier alpha value is -0.260. The van der Waals surface area contributed by atoms with Gasteiger partial charge in [-0.15, -0.1) is 0 Å². The lowest BCUT2D eigenvalue weighted by molar-refractivity contribution is 0.710. The predicted molar refractivity (Wildman–Crippen MR) is 57.1 cm³/mol. The van der Waals surface area contributed by atoms with Gasteiger partial charge in [-0.3, -0.25) is 0 Å². The second-order valence-corrected chi connectivity index (χ2v) is 3.36. The molecule has 0 aliphatic carbocycles. The highest BCUT2D eigenvalue weighted by atomic mass is 14.0. The van der Waals surface area contributed by atoms with Gasteiger partial charge in [-0.1, -0.05) is 38.3 Å². The minimum Gasteiger partial charge on any atom is -0.0853 e. The zero-order chi connectivity index (χ0) is 9.23. The molecule has 0 aromatic rings. The number of allylic oxidation sites excluding steroid dienone is 2. The molecule has 0 heterocycles. The zero-order valence-electron chi connectivity index (χ0n) is 8.73. The zero-order valence-corrected chi connectivity index (χ0v) is 8.73. The average molecular weight is 167 g/mol. The summed E-state index contributed by atoms with van der Waals surface area (Å²) in [4.78, 5) is 0. The normalized spacial score (nSPS) is 9.92. The van der Waals surface area contributed by atoms with E-state index in [0.717, 1.165) is 6.42 Å². The van der Waals surface area contributed by atoms with Crippen molar-refractivity contribution in [2.45, 2.75) is 58.8 Å². The molecule has 0 aliphatic heterocycles. The second-order valence-electron chi connectivity index (χ2n) is 3.36. The average Bonchev–Trinajstić information content (AvgIpc) is 2.10. The van der Waals surface area contributed by atoms with Crippen molar-refractivity contribution in [1.29, 1.82) is 0 Å². The van der Waals surface area contributed by atoms with Crippen molar-refractivity contribution in [3.63, 3.8) is 0 Å². The number of hydrogen-bond donors (Lipinski definition) is 0. The number of unbranched alkanes of at least 4 members (excludes halogenated alkanes) is 2. The predicted octanol–water partition coefficient (Wildman–Crippen LogP) is 4.52. The summed E-state index contributed by atoms with van der Waals surface area (Å²) in [5.74, 6) is 0. The summed E-state index contributed by atoms with van der Waals surface area (Å²) in [6.45, 7) is 8.37. The highest BCUT2D eigenvalue weighted by molar-refractivity contribution is 5.02. The summed E-state index contributed by atoms with van der Waals surface area (Å²) >= 11 is 0. The Labute approximate surface area is 78.1 Å². The van der Waals surface area contributed by atoms with Gasteiger partial charge in [-0.05, 0) is 39.0 Å². The van der Waals surface area contributed by atoms with Crippen LogP contribution in [0, 0.1) is 6.92 Å². The Balaban J connectivity index is 3.62. The van der Waals surface area contributed by atoms with Gasteiger partial charge in [0, 0.05) is 0 Å². The first-order valence-electron chi connectivity index (χ1n) is 5.32. The number of rotatable bonds is 7. The molecule has 1 radical (unpaired) electrons. The molecule has 0 rings (SSSR count). The molecule has 0 spiro atoms.